The molecule has 2 aliphatic heterocycles. The van der Waals surface area contributed by atoms with E-state index in [1.807, 2.05) is 30.3 Å². The Morgan fingerprint density at radius 2 is 1.78 bits per heavy atom. The lowest BCUT2D eigenvalue weighted by atomic mass is 9.95. The van der Waals surface area contributed by atoms with Crippen LogP contribution in [0.2, 0.25) is 0 Å². The summed E-state index contributed by atoms with van der Waals surface area (Å²) in [6.07, 6.45) is 1.49. The van der Waals surface area contributed by atoms with Crippen molar-refractivity contribution in [2.45, 2.75) is 32.0 Å². The number of aryl methyl sites for hydroxylation is 1. The molecule has 0 radical (unpaired) electrons. The number of methoxy groups -OCH3 is 2. The lowest BCUT2D eigenvalue weighted by molar-refractivity contribution is -0.0192. The van der Waals surface area contributed by atoms with E-state index >= 15 is 0 Å². The molecule has 5 nitrogen and oxygen atoms in total. The third kappa shape index (κ3) is 3.62. The van der Waals surface area contributed by atoms with E-state index in [9.17, 15) is 0 Å². The number of benzene rings is 3. The Bertz CT molecular complexity index is 1180. The van der Waals surface area contributed by atoms with Gasteiger partial charge in [-0.3, -0.25) is 0 Å². The van der Waals surface area contributed by atoms with E-state index in [2.05, 4.69) is 58.2 Å². The Balaban J connectivity index is 1.58. The van der Waals surface area contributed by atoms with Gasteiger partial charge in [-0.1, -0.05) is 47.1 Å². The minimum Gasteiger partial charge on any atom is -0.493 e. The Morgan fingerprint density at radius 3 is 2.50 bits per heavy atom. The van der Waals surface area contributed by atoms with Crippen molar-refractivity contribution in [1.29, 1.82) is 0 Å². The summed E-state index contributed by atoms with van der Waals surface area (Å²) in [7, 11) is 3.28. The summed E-state index contributed by atoms with van der Waals surface area (Å²) in [5, 5.41) is 7.14. The van der Waals surface area contributed by atoms with Gasteiger partial charge in [-0.2, -0.15) is 5.10 Å². The number of hydrogen-bond donors (Lipinski definition) is 0. The molecule has 3 aromatic carbocycles. The first-order valence-electron chi connectivity index (χ1n) is 10.7. The van der Waals surface area contributed by atoms with Gasteiger partial charge in [0.2, 0.25) is 6.23 Å². The molecule has 164 valence electrons. The van der Waals surface area contributed by atoms with E-state index in [1.54, 1.807) is 14.2 Å². The molecule has 0 bridgehead atoms. The van der Waals surface area contributed by atoms with E-state index in [4.69, 9.17) is 19.3 Å². The summed E-state index contributed by atoms with van der Waals surface area (Å²) in [5.41, 5.74) is 5.65. The van der Waals surface area contributed by atoms with Crippen LogP contribution in [0, 0.1) is 0 Å². The summed E-state index contributed by atoms with van der Waals surface area (Å²) >= 11 is 3.62. The Labute approximate surface area is 196 Å². The van der Waals surface area contributed by atoms with Crippen molar-refractivity contribution < 1.29 is 14.2 Å². The van der Waals surface area contributed by atoms with E-state index in [0.29, 0.717) is 11.5 Å². The van der Waals surface area contributed by atoms with Crippen molar-refractivity contribution in [2.75, 3.05) is 14.2 Å². The van der Waals surface area contributed by atoms with Gasteiger partial charge >= 0.3 is 0 Å². The second kappa shape index (κ2) is 8.51. The molecule has 0 spiro atoms. The average Bonchev–Trinajstić information content (AvgIpc) is 3.29. The SMILES string of the molecule is CCc1ccc(C2=NN3[C@@H](c4ccc(OC)c(OC)c4)Oc4ccc(Br)cc4[C@@H]3C2)cc1. The summed E-state index contributed by atoms with van der Waals surface area (Å²) in [4.78, 5) is 0. The topological polar surface area (TPSA) is 43.3 Å². The molecule has 2 aliphatic rings. The number of nitrogens with zero attached hydrogens (tertiary/aromatic N) is 2. The molecule has 0 N–H and O–H groups in total. The van der Waals surface area contributed by atoms with Crippen LogP contribution >= 0.6 is 15.9 Å². The summed E-state index contributed by atoms with van der Waals surface area (Å²) in [5.74, 6) is 2.24. The second-order valence-corrected chi connectivity index (χ2v) is 8.88. The van der Waals surface area contributed by atoms with Crippen LogP contribution in [-0.2, 0) is 6.42 Å². The molecule has 0 saturated carbocycles. The van der Waals surface area contributed by atoms with Crippen LogP contribution in [0.15, 0.2) is 70.2 Å². The zero-order chi connectivity index (χ0) is 22.2. The molecule has 5 rings (SSSR count). The molecule has 0 amide bonds. The van der Waals surface area contributed by atoms with E-state index in [-0.39, 0.29) is 12.3 Å². The van der Waals surface area contributed by atoms with Crippen molar-refractivity contribution in [3.05, 3.63) is 87.4 Å². The predicted molar refractivity (Wildman–Crippen MR) is 129 cm³/mol. The highest BCUT2D eigenvalue weighted by Gasteiger charge is 2.41. The fraction of sp³-hybridized carbons (Fsp3) is 0.269. The normalized spacial score (nSPS) is 19.0. The molecule has 0 fully saturated rings. The third-order valence-corrected chi connectivity index (χ3v) is 6.63. The molecule has 6 heteroatoms. The number of rotatable bonds is 5. The first-order valence-corrected chi connectivity index (χ1v) is 11.5. The first kappa shape index (κ1) is 20.9. The zero-order valence-corrected chi connectivity index (χ0v) is 19.9. The smallest absolute Gasteiger partial charge is 0.214 e. The quantitative estimate of drug-likeness (QED) is 0.420. The minimum absolute atomic E-state index is 0.0928. The summed E-state index contributed by atoms with van der Waals surface area (Å²) < 4.78 is 18.5. The van der Waals surface area contributed by atoms with Crippen LogP contribution in [0.3, 0.4) is 0 Å². The van der Waals surface area contributed by atoms with Crippen molar-refractivity contribution >= 4 is 21.6 Å². The standard InChI is InChI=1S/C26H25BrN2O3/c1-4-16-5-7-17(8-6-16)21-15-22-20-14-19(27)10-12-23(20)32-26(29(22)28-21)18-9-11-24(30-2)25(13-18)31-3/h5-14,22,26H,4,15H2,1-3H3/t22-,26+/m0/s1. The number of halogens is 1. The highest BCUT2D eigenvalue weighted by Crippen LogP contribution is 2.49. The third-order valence-electron chi connectivity index (χ3n) is 6.14. The van der Waals surface area contributed by atoms with Gasteiger partial charge in [-0.15, -0.1) is 0 Å². The van der Waals surface area contributed by atoms with Crippen molar-refractivity contribution in [3.63, 3.8) is 0 Å². The van der Waals surface area contributed by atoms with Crippen molar-refractivity contribution in [1.82, 2.24) is 5.01 Å². The molecule has 2 heterocycles. The molecule has 0 aromatic heterocycles. The molecule has 32 heavy (non-hydrogen) atoms. The van der Waals surface area contributed by atoms with E-state index in [1.165, 1.54) is 5.56 Å². The van der Waals surface area contributed by atoms with Gasteiger partial charge in [0, 0.05) is 22.0 Å². The highest BCUT2D eigenvalue weighted by molar-refractivity contribution is 9.10. The first-order chi connectivity index (χ1) is 15.6. The molecule has 0 unspecified atom stereocenters. The van der Waals surface area contributed by atoms with Crippen LogP contribution in [-0.4, -0.2) is 24.9 Å². The van der Waals surface area contributed by atoms with E-state index in [0.717, 1.165) is 45.5 Å². The predicted octanol–water partition coefficient (Wildman–Crippen LogP) is 6.27. The van der Waals surface area contributed by atoms with Crippen LogP contribution < -0.4 is 14.2 Å². The van der Waals surface area contributed by atoms with Gasteiger partial charge in [-0.05, 0) is 53.9 Å². The zero-order valence-electron chi connectivity index (χ0n) is 18.3. The second-order valence-electron chi connectivity index (χ2n) is 7.96. The molecule has 2 atom stereocenters. The maximum atomic E-state index is 6.48. The van der Waals surface area contributed by atoms with E-state index < -0.39 is 0 Å². The molecular weight excluding hydrogens is 468 g/mol. The van der Waals surface area contributed by atoms with Gasteiger partial charge < -0.3 is 14.2 Å². The van der Waals surface area contributed by atoms with Crippen LogP contribution in [0.1, 0.15) is 47.9 Å². The lowest BCUT2D eigenvalue weighted by Gasteiger charge is -2.38. The molecule has 0 aliphatic carbocycles. The van der Waals surface area contributed by atoms with Crippen LogP contribution in [0.25, 0.3) is 0 Å². The fourth-order valence-corrected chi connectivity index (χ4v) is 4.77. The van der Waals surface area contributed by atoms with Gasteiger partial charge in [0.25, 0.3) is 0 Å². The summed E-state index contributed by atoms with van der Waals surface area (Å²) in [6, 6.07) is 20.9. The van der Waals surface area contributed by atoms with Gasteiger partial charge in [0.05, 0.1) is 26.0 Å². The molecule has 0 saturated heterocycles. The Morgan fingerprint density at radius 1 is 1.00 bits per heavy atom. The number of hydrogen-bond acceptors (Lipinski definition) is 5. The number of ether oxygens (including phenoxy) is 3. The van der Waals surface area contributed by atoms with Crippen molar-refractivity contribution in [2.24, 2.45) is 5.10 Å². The van der Waals surface area contributed by atoms with Crippen molar-refractivity contribution in [3.8, 4) is 17.2 Å². The maximum absolute atomic E-state index is 6.48. The maximum Gasteiger partial charge on any atom is 0.214 e. The lowest BCUT2D eigenvalue weighted by Crippen LogP contribution is -2.33. The average molecular weight is 493 g/mol. The number of hydrazone groups is 1. The summed E-state index contributed by atoms with van der Waals surface area (Å²) in [6.45, 7) is 2.17. The fourth-order valence-electron chi connectivity index (χ4n) is 4.39. The largest absolute Gasteiger partial charge is 0.493 e. The highest BCUT2D eigenvalue weighted by atomic mass is 79.9. The Hall–Kier alpha value is -2.99. The molecule has 3 aromatic rings. The van der Waals surface area contributed by atoms with Crippen LogP contribution in [0.4, 0.5) is 0 Å². The monoisotopic (exact) mass is 492 g/mol. The van der Waals surface area contributed by atoms with Gasteiger partial charge in [-0.25, -0.2) is 5.01 Å². The van der Waals surface area contributed by atoms with Gasteiger partial charge in [0.15, 0.2) is 11.5 Å². The minimum atomic E-state index is -0.360. The van der Waals surface area contributed by atoms with Gasteiger partial charge in [0.1, 0.15) is 5.75 Å². The number of fused-ring (bicyclic) bond motifs is 3. The Kier molecular flexibility index (Phi) is 5.55. The molecular formula is C26H25BrN2O3. The van der Waals surface area contributed by atoms with Crippen LogP contribution in [0.5, 0.6) is 17.2 Å².